The smallest absolute Gasteiger partial charge is 0.326 e. The topological polar surface area (TPSA) is 80.6 Å². The lowest BCUT2D eigenvalue weighted by Gasteiger charge is -2.09. The summed E-state index contributed by atoms with van der Waals surface area (Å²) >= 11 is 0. The maximum Gasteiger partial charge on any atom is 0.326 e. The molecule has 0 radical (unpaired) electrons. The highest BCUT2D eigenvalue weighted by molar-refractivity contribution is 5.98. The van der Waals surface area contributed by atoms with Crippen LogP contribution in [0.3, 0.4) is 0 Å². The van der Waals surface area contributed by atoms with E-state index in [0.29, 0.717) is 29.8 Å². The van der Waals surface area contributed by atoms with Gasteiger partial charge < -0.3 is 10.1 Å². The van der Waals surface area contributed by atoms with Gasteiger partial charge in [0.2, 0.25) is 11.8 Å². The molecule has 1 aromatic carbocycles. The van der Waals surface area contributed by atoms with Crippen LogP contribution in [0.25, 0.3) is 5.65 Å². The fourth-order valence-electron chi connectivity index (χ4n) is 2.24. The van der Waals surface area contributed by atoms with Crippen molar-refractivity contribution in [2.75, 3.05) is 17.2 Å². The Labute approximate surface area is 133 Å². The Morgan fingerprint density at radius 2 is 2.00 bits per heavy atom. The number of fused-ring (bicyclic) bond motifs is 1. The number of nitrogens with one attached hydrogen (secondary N) is 2. The molecule has 0 saturated heterocycles. The summed E-state index contributed by atoms with van der Waals surface area (Å²) in [5.41, 5.74) is 2.37. The second-order valence-corrected chi connectivity index (χ2v) is 4.96. The third-order valence-corrected chi connectivity index (χ3v) is 3.19. The molecule has 0 spiro atoms. The van der Waals surface area contributed by atoms with Gasteiger partial charge >= 0.3 is 6.03 Å². The first-order valence-corrected chi connectivity index (χ1v) is 7.29. The lowest BCUT2D eigenvalue weighted by atomic mass is 10.2. The number of nitrogens with zero attached hydrogens (tertiary/aromatic N) is 3. The van der Waals surface area contributed by atoms with E-state index < -0.39 is 6.03 Å². The molecule has 3 aromatic rings. The molecular formula is C16H17N5O2. The molecule has 0 atom stereocenters. The van der Waals surface area contributed by atoms with Crippen molar-refractivity contribution in [2.45, 2.75) is 13.8 Å². The van der Waals surface area contributed by atoms with Crippen LogP contribution in [0.5, 0.6) is 5.88 Å². The summed E-state index contributed by atoms with van der Waals surface area (Å²) in [6.45, 7) is 4.36. The van der Waals surface area contributed by atoms with E-state index in [9.17, 15) is 4.79 Å². The Bertz CT molecular complexity index is 843. The van der Waals surface area contributed by atoms with Crippen LogP contribution in [-0.2, 0) is 0 Å². The highest BCUT2D eigenvalue weighted by Crippen LogP contribution is 2.19. The minimum atomic E-state index is -0.392. The fourth-order valence-corrected chi connectivity index (χ4v) is 2.24. The second-order valence-electron chi connectivity index (χ2n) is 4.96. The van der Waals surface area contributed by atoms with Gasteiger partial charge in [-0.1, -0.05) is 18.2 Å². The first kappa shape index (κ1) is 14.8. The number of rotatable bonds is 4. The molecule has 23 heavy (non-hydrogen) atoms. The van der Waals surface area contributed by atoms with Gasteiger partial charge in [0.1, 0.15) is 0 Å². The lowest BCUT2D eigenvalue weighted by molar-refractivity contribution is 0.262. The highest BCUT2D eigenvalue weighted by atomic mass is 16.5. The minimum absolute atomic E-state index is 0.300. The molecule has 2 amide bonds. The molecule has 0 aliphatic carbocycles. The molecule has 2 aromatic heterocycles. The van der Waals surface area contributed by atoms with Gasteiger partial charge in [-0.2, -0.15) is 0 Å². The Morgan fingerprint density at radius 3 is 2.78 bits per heavy atom. The SMILES string of the molecule is CCOc1cccc2nnc(NC(=O)Nc3cccc(C)c3)n12. The number of hydrogen-bond donors (Lipinski definition) is 2. The van der Waals surface area contributed by atoms with Crippen molar-refractivity contribution >= 4 is 23.3 Å². The van der Waals surface area contributed by atoms with Crippen molar-refractivity contribution in [3.05, 3.63) is 48.0 Å². The van der Waals surface area contributed by atoms with E-state index in [2.05, 4.69) is 20.8 Å². The molecule has 2 N–H and O–H groups in total. The fraction of sp³-hybridized carbons (Fsp3) is 0.188. The van der Waals surface area contributed by atoms with Crippen LogP contribution in [0, 0.1) is 6.92 Å². The van der Waals surface area contributed by atoms with Crippen LogP contribution in [0.4, 0.5) is 16.4 Å². The third-order valence-electron chi connectivity index (χ3n) is 3.19. The molecule has 118 valence electrons. The maximum absolute atomic E-state index is 12.2. The lowest BCUT2D eigenvalue weighted by Crippen LogP contribution is -2.21. The van der Waals surface area contributed by atoms with Gasteiger partial charge in [0.25, 0.3) is 0 Å². The quantitative estimate of drug-likeness (QED) is 0.776. The number of pyridine rings is 1. The van der Waals surface area contributed by atoms with Crippen molar-refractivity contribution in [2.24, 2.45) is 0 Å². The van der Waals surface area contributed by atoms with Crippen molar-refractivity contribution in [3.8, 4) is 5.88 Å². The third kappa shape index (κ3) is 3.23. The largest absolute Gasteiger partial charge is 0.479 e. The number of aryl methyl sites for hydroxylation is 1. The Morgan fingerprint density at radius 1 is 1.17 bits per heavy atom. The number of carbonyl (C=O) groups excluding carboxylic acids is 1. The second kappa shape index (κ2) is 6.35. The number of benzene rings is 1. The number of hydrogen-bond acceptors (Lipinski definition) is 4. The Hall–Kier alpha value is -3.09. The predicted molar refractivity (Wildman–Crippen MR) is 88.0 cm³/mol. The van der Waals surface area contributed by atoms with Gasteiger partial charge in [-0.15, -0.1) is 10.2 Å². The number of anilines is 2. The first-order chi connectivity index (χ1) is 11.2. The van der Waals surface area contributed by atoms with Crippen molar-refractivity contribution in [1.29, 1.82) is 0 Å². The van der Waals surface area contributed by atoms with E-state index in [4.69, 9.17) is 4.74 Å². The Balaban J connectivity index is 1.82. The number of amides is 2. The zero-order valence-electron chi connectivity index (χ0n) is 12.9. The number of ether oxygens (including phenoxy) is 1. The molecule has 3 rings (SSSR count). The summed E-state index contributed by atoms with van der Waals surface area (Å²) in [5, 5.41) is 13.5. The van der Waals surface area contributed by atoms with Crippen molar-refractivity contribution < 1.29 is 9.53 Å². The molecule has 0 aliphatic rings. The van der Waals surface area contributed by atoms with E-state index >= 15 is 0 Å². The predicted octanol–water partition coefficient (Wildman–Crippen LogP) is 3.08. The van der Waals surface area contributed by atoms with Crippen LogP contribution < -0.4 is 15.4 Å². The summed E-state index contributed by atoms with van der Waals surface area (Å²) in [7, 11) is 0. The summed E-state index contributed by atoms with van der Waals surface area (Å²) < 4.78 is 7.20. The molecule has 0 fully saturated rings. The van der Waals surface area contributed by atoms with E-state index in [0.717, 1.165) is 5.56 Å². The van der Waals surface area contributed by atoms with Gasteiger partial charge in [0.05, 0.1) is 6.61 Å². The van der Waals surface area contributed by atoms with Crippen LogP contribution in [0.15, 0.2) is 42.5 Å². The van der Waals surface area contributed by atoms with Gasteiger partial charge in [-0.3, -0.25) is 5.32 Å². The maximum atomic E-state index is 12.2. The summed E-state index contributed by atoms with van der Waals surface area (Å²) in [4.78, 5) is 12.2. The van der Waals surface area contributed by atoms with E-state index in [1.165, 1.54) is 0 Å². The molecule has 2 heterocycles. The summed E-state index contributed by atoms with van der Waals surface area (Å²) in [6, 6.07) is 12.6. The average molecular weight is 311 g/mol. The van der Waals surface area contributed by atoms with Crippen LogP contribution in [0.2, 0.25) is 0 Å². The molecule has 0 unspecified atom stereocenters. The molecule has 7 nitrogen and oxygen atoms in total. The number of aromatic nitrogens is 3. The molecule has 0 aliphatic heterocycles. The average Bonchev–Trinajstić information content (AvgIpc) is 2.91. The summed E-state index contributed by atoms with van der Waals surface area (Å²) in [5.74, 6) is 0.870. The molecular weight excluding hydrogens is 294 g/mol. The normalized spacial score (nSPS) is 10.5. The Kier molecular flexibility index (Phi) is 4.09. The van der Waals surface area contributed by atoms with E-state index in [-0.39, 0.29) is 0 Å². The van der Waals surface area contributed by atoms with Gasteiger partial charge in [0, 0.05) is 5.69 Å². The molecule has 7 heteroatoms. The standard InChI is InChI=1S/C16H17N5O2/c1-3-23-14-9-5-8-13-19-20-15(21(13)14)18-16(22)17-12-7-4-6-11(2)10-12/h4-10H,3H2,1-2H3,(H2,17,18,20,22). The van der Waals surface area contributed by atoms with Crippen LogP contribution >= 0.6 is 0 Å². The van der Waals surface area contributed by atoms with Crippen LogP contribution in [0.1, 0.15) is 12.5 Å². The van der Waals surface area contributed by atoms with Gasteiger partial charge in [0.15, 0.2) is 5.65 Å². The molecule has 0 saturated carbocycles. The zero-order chi connectivity index (χ0) is 16.2. The zero-order valence-corrected chi connectivity index (χ0v) is 12.9. The molecule has 0 bridgehead atoms. The van der Waals surface area contributed by atoms with Gasteiger partial charge in [-0.05, 0) is 43.7 Å². The van der Waals surface area contributed by atoms with Crippen LogP contribution in [-0.4, -0.2) is 27.2 Å². The first-order valence-electron chi connectivity index (χ1n) is 7.29. The monoisotopic (exact) mass is 311 g/mol. The minimum Gasteiger partial charge on any atom is -0.479 e. The van der Waals surface area contributed by atoms with Crippen molar-refractivity contribution in [1.82, 2.24) is 14.6 Å². The van der Waals surface area contributed by atoms with Crippen molar-refractivity contribution in [3.63, 3.8) is 0 Å². The van der Waals surface area contributed by atoms with E-state index in [1.807, 2.05) is 44.2 Å². The number of carbonyl (C=O) groups is 1. The number of urea groups is 1. The van der Waals surface area contributed by atoms with Gasteiger partial charge in [-0.25, -0.2) is 9.20 Å². The highest BCUT2D eigenvalue weighted by Gasteiger charge is 2.12. The summed E-state index contributed by atoms with van der Waals surface area (Å²) in [6.07, 6.45) is 0. The van der Waals surface area contributed by atoms with E-state index in [1.54, 1.807) is 16.5 Å².